The third-order valence-corrected chi connectivity index (χ3v) is 6.12. The Kier molecular flexibility index (Phi) is 7.56. The van der Waals surface area contributed by atoms with Gasteiger partial charge in [0.25, 0.3) is 0 Å². The van der Waals surface area contributed by atoms with Gasteiger partial charge in [-0.15, -0.1) is 0 Å². The van der Waals surface area contributed by atoms with Crippen LogP contribution in [-0.4, -0.2) is 31.7 Å². The minimum atomic E-state index is -3.50. The van der Waals surface area contributed by atoms with Crippen LogP contribution in [0.5, 0.6) is 0 Å². The molecule has 1 amide bonds. The number of sulfonamides is 1. The highest BCUT2D eigenvalue weighted by atomic mass is 32.2. The summed E-state index contributed by atoms with van der Waals surface area (Å²) in [7, 11) is -3.50. The summed E-state index contributed by atoms with van der Waals surface area (Å²) in [5.74, 6) is -0.131. The van der Waals surface area contributed by atoms with E-state index in [1.54, 1.807) is 24.3 Å². The number of hydrogen-bond acceptors (Lipinski definition) is 3. The lowest BCUT2D eigenvalue weighted by atomic mass is 10.1. The van der Waals surface area contributed by atoms with Crippen molar-refractivity contribution in [2.45, 2.75) is 44.9 Å². The Morgan fingerprint density at radius 2 is 1.48 bits per heavy atom. The molecule has 0 radical (unpaired) electrons. The predicted molar refractivity (Wildman–Crippen MR) is 109 cm³/mol. The number of rotatable bonds is 9. The molecule has 0 aliphatic carbocycles. The minimum absolute atomic E-state index is 0.131. The van der Waals surface area contributed by atoms with Crippen molar-refractivity contribution in [2.24, 2.45) is 0 Å². The number of benzene rings is 2. The van der Waals surface area contributed by atoms with Crippen LogP contribution >= 0.6 is 0 Å². The highest BCUT2D eigenvalue weighted by Gasteiger charge is 2.22. The molecule has 0 aromatic heterocycles. The molecule has 146 valence electrons. The zero-order chi connectivity index (χ0) is 19.9. The molecule has 27 heavy (non-hydrogen) atoms. The van der Waals surface area contributed by atoms with Gasteiger partial charge in [-0.05, 0) is 49.6 Å². The van der Waals surface area contributed by atoms with Crippen molar-refractivity contribution < 1.29 is 13.2 Å². The van der Waals surface area contributed by atoms with Gasteiger partial charge < -0.3 is 5.32 Å². The lowest BCUT2D eigenvalue weighted by molar-refractivity contribution is -0.115. The van der Waals surface area contributed by atoms with E-state index in [0.29, 0.717) is 18.8 Å². The van der Waals surface area contributed by atoms with Gasteiger partial charge in [0, 0.05) is 18.8 Å². The average Bonchev–Trinajstić information content (AvgIpc) is 2.64. The second kappa shape index (κ2) is 9.67. The van der Waals surface area contributed by atoms with Crippen LogP contribution in [-0.2, 0) is 21.2 Å². The summed E-state index contributed by atoms with van der Waals surface area (Å²) in [6.07, 6.45) is 1.82. The zero-order valence-electron chi connectivity index (χ0n) is 16.2. The molecule has 0 bridgehead atoms. The monoisotopic (exact) mass is 388 g/mol. The van der Waals surface area contributed by atoms with E-state index in [1.807, 2.05) is 45.0 Å². The van der Waals surface area contributed by atoms with E-state index in [0.717, 1.165) is 24.0 Å². The van der Waals surface area contributed by atoms with Crippen LogP contribution in [0, 0.1) is 6.92 Å². The quantitative estimate of drug-likeness (QED) is 0.706. The number of amides is 1. The molecule has 0 atom stereocenters. The molecule has 2 aromatic carbocycles. The number of nitrogens with one attached hydrogen (secondary N) is 1. The van der Waals surface area contributed by atoms with E-state index in [1.165, 1.54) is 4.31 Å². The van der Waals surface area contributed by atoms with Gasteiger partial charge >= 0.3 is 0 Å². The second-order valence-corrected chi connectivity index (χ2v) is 8.58. The van der Waals surface area contributed by atoms with Crippen molar-refractivity contribution in [1.29, 1.82) is 0 Å². The maximum absolute atomic E-state index is 12.8. The van der Waals surface area contributed by atoms with E-state index in [-0.39, 0.29) is 17.2 Å². The van der Waals surface area contributed by atoms with E-state index < -0.39 is 10.0 Å². The SMILES string of the molecule is CCCN(CCC)S(=O)(=O)c1ccc(NC(=O)Cc2ccc(C)cc2)cc1. The number of carbonyl (C=O) groups excluding carboxylic acids is 1. The summed E-state index contributed by atoms with van der Waals surface area (Å²) >= 11 is 0. The lowest BCUT2D eigenvalue weighted by Crippen LogP contribution is -2.32. The van der Waals surface area contributed by atoms with E-state index in [4.69, 9.17) is 0 Å². The summed E-state index contributed by atoms with van der Waals surface area (Å²) in [6, 6.07) is 14.2. The summed E-state index contributed by atoms with van der Waals surface area (Å²) in [4.78, 5) is 12.4. The van der Waals surface area contributed by atoms with Crippen LogP contribution in [0.25, 0.3) is 0 Å². The minimum Gasteiger partial charge on any atom is -0.326 e. The maximum Gasteiger partial charge on any atom is 0.243 e. The van der Waals surface area contributed by atoms with Crippen LogP contribution in [0.2, 0.25) is 0 Å². The number of hydrogen-bond donors (Lipinski definition) is 1. The van der Waals surface area contributed by atoms with E-state index >= 15 is 0 Å². The standard InChI is InChI=1S/C21H28N2O3S/c1-4-14-23(15-5-2)27(25,26)20-12-10-19(11-13-20)22-21(24)16-18-8-6-17(3)7-9-18/h6-13H,4-5,14-16H2,1-3H3,(H,22,24). The topological polar surface area (TPSA) is 66.5 Å². The van der Waals surface area contributed by atoms with Crippen molar-refractivity contribution in [3.8, 4) is 0 Å². The fourth-order valence-corrected chi connectivity index (χ4v) is 4.43. The Hall–Kier alpha value is -2.18. The predicted octanol–water partition coefficient (Wildman–Crippen LogP) is 3.99. The number of nitrogens with zero attached hydrogens (tertiary/aromatic N) is 1. The van der Waals surface area contributed by atoms with Gasteiger partial charge in [0.05, 0.1) is 11.3 Å². The van der Waals surface area contributed by atoms with E-state index in [2.05, 4.69) is 5.32 Å². The molecule has 0 unspecified atom stereocenters. The lowest BCUT2D eigenvalue weighted by Gasteiger charge is -2.21. The molecule has 0 heterocycles. The summed E-state index contributed by atoms with van der Waals surface area (Å²) in [5.41, 5.74) is 2.67. The van der Waals surface area contributed by atoms with Crippen molar-refractivity contribution in [3.05, 3.63) is 59.7 Å². The molecule has 1 N–H and O–H groups in total. The normalized spacial score (nSPS) is 11.6. The van der Waals surface area contributed by atoms with Crippen molar-refractivity contribution in [1.82, 2.24) is 4.31 Å². The van der Waals surface area contributed by atoms with Gasteiger partial charge in [-0.25, -0.2) is 8.42 Å². The molecule has 5 nitrogen and oxygen atoms in total. The van der Waals surface area contributed by atoms with Crippen LogP contribution < -0.4 is 5.32 Å². The Morgan fingerprint density at radius 1 is 0.926 bits per heavy atom. The third kappa shape index (κ3) is 5.91. The molecule has 0 saturated carbocycles. The first-order valence-electron chi connectivity index (χ1n) is 9.32. The zero-order valence-corrected chi connectivity index (χ0v) is 17.1. The Labute approximate surface area is 162 Å². The summed E-state index contributed by atoms with van der Waals surface area (Å²) in [6.45, 7) is 6.94. The van der Waals surface area contributed by atoms with Gasteiger partial charge in [-0.1, -0.05) is 43.7 Å². The summed E-state index contributed by atoms with van der Waals surface area (Å²) < 4.78 is 27.0. The first-order valence-corrected chi connectivity index (χ1v) is 10.8. The number of aryl methyl sites for hydroxylation is 1. The molecule has 6 heteroatoms. The summed E-state index contributed by atoms with van der Waals surface area (Å²) in [5, 5.41) is 2.82. The largest absolute Gasteiger partial charge is 0.326 e. The van der Waals surface area contributed by atoms with Gasteiger partial charge in [0.15, 0.2) is 0 Å². The first-order chi connectivity index (χ1) is 12.9. The van der Waals surface area contributed by atoms with Crippen molar-refractivity contribution >= 4 is 21.6 Å². The molecule has 2 rings (SSSR count). The molecular formula is C21H28N2O3S. The van der Waals surface area contributed by atoms with Crippen LogP contribution in [0.1, 0.15) is 37.8 Å². The van der Waals surface area contributed by atoms with Gasteiger partial charge in [0.2, 0.25) is 15.9 Å². The molecule has 0 aliphatic heterocycles. The Morgan fingerprint density at radius 3 is 2.00 bits per heavy atom. The molecular weight excluding hydrogens is 360 g/mol. The number of carbonyl (C=O) groups is 1. The fourth-order valence-electron chi connectivity index (χ4n) is 2.81. The third-order valence-electron chi connectivity index (χ3n) is 4.21. The Balaban J connectivity index is 2.05. The number of anilines is 1. The van der Waals surface area contributed by atoms with Crippen molar-refractivity contribution in [3.63, 3.8) is 0 Å². The molecule has 0 spiro atoms. The smallest absolute Gasteiger partial charge is 0.243 e. The highest BCUT2D eigenvalue weighted by molar-refractivity contribution is 7.89. The van der Waals surface area contributed by atoms with Gasteiger partial charge in [-0.2, -0.15) is 4.31 Å². The Bertz CT molecular complexity index is 838. The molecule has 2 aromatic rings. The average molecular weight is 389 g/mol. The molecule has 0 aliphatic rings. The second-order valence-electron chi connectivity index (χ2n) is 6.64. The maximum atomic E-state index is 12.8. The van der Waals surface area contributed by atoms with Crippen molar-refractivity contribution in [2.75, 3.05) is 18.4 Å². The van der Waals surface area contributed by atoms with Crippen LogP contribution in [0.4, 0.5) is 5.69 Å². The first kappa shape index (κ1) is 21.1. The van der Waals surface area contributed by atoms with Gasteiger partial charge in [-0.3, -0.25) is 4.79 Å². The molecule has 0 saturated heterocycles. The molecule has 0 fully saturated rings. The van der Waals surface area contributed by atoms with E-state index in [9.17, 15) is 13.2 Å². The van der Waals surface area contributed by atoms with Gasteiger partial charge in [0.1, 0.15) is 0 Å². The highest BCUT2D eigenvalue weighted by Crippen LogP contribution is 2.19. The van der Waals surface area contributed by atoms with Crippen LogP contribution in [0.3, 0.4) is 0 Å². The van der Waals surface area contributed by atoms with Crippen LogP contribution in [0.15, 0.2) is 53.4 Å². The fraction of sp³-hybridized carbons (Fsp3) is 0.381.